The van der Waals surface area contributed by atoms with Crippen molar-refractivity contribution < 1.29 is 18.3 Å². The first-order chi connectivity index (χ1) is 9.60. The predicted octanol–water partition coefficient (Wildman–Crippen LogP) is 1.87. The fourth-order valence-corrected chi connectivity index (χ4v) is 4.78. The monoisotopic (exact) mass is 311 g/mol. The second kappa shape index (κ2) is 5.42. The smallest absolute Gasteiger partial charge is 0.322 e. The van der Waals surface area contributed by atoms with E-state index in [9.17, 15) is 18.3 Å². The van der Waals surface area contributed by atoms with Crippen LogP contribution in [-0.2, 0) is 27.8 Å². The Balaban J connectivity index is 2.39. The summed E-state index contributed by atoms with van der Waals surface area (Å²) in [6.07, 6.45) is 0.217. The molecule has 1 aliphatic heterocycles. The Kier molecular flexibility index (Phi) is 4.13. The molecule has 0 fully saturated rings. The highest BCUT2D eigenvalue weighted by atomic mass is 32.2. The number of carboxylic acid groups (broad SMARTS) is 1. The van der Waals surface area contributed by atoms with Gasteiger partial charge in [-0.15, -0.1) is 0 Å². The zero-order valence-electron chi connectivity index (χ0n) is 12.5. The van der Waals surface area contributed by atoms with Crippen molar-refractivity contribution >= 4 is 16.0 Å². The first kappa shape index (κ1) is 16.0. The summed E-state index contributed by atoms with van der Waals surface area (Å²) in [6, 6.07) is 6.38. The number of carboxylic acids is 1. The van der Waals surface area contributed by atoms with Crippen LogP contribution in [0, 0.1) is 5.41 Å². The summed E-state index contributed by atoms with van der Waals surface area (Å²) in [5, 5.41) is 9.39. The molecule has 0 aromatic heterocycles. The maximum Gasteiger partial charge on any atom is 0.322 e. The summed E-state index contributed by atoms with van der Waals surface area (Å²) in [5.41, 5.74) is 1.37. The molecule has 0 spiro atoms. The number of rotatable bonds is 3. The van der Waals surface area contributed by atoms with E-state index in [-0.39, 0.29) is 18.7 Å². The number of fused-ring (bicyclic) bond motifs is 1. The normalized spacial score (nSPS) is 20.0. The van der Waals surface area contributed by atoms with Crippen LogP contribution >= 0.6 is 0 Å². The summed E-state index contributed by atoms with van der Waals surface area (Å²) in [5.74, 6) is -1.16. The molecule has 0 radical (unpaired) electrons. The average molecular weight is 311 g/mol. The third kappa shape index (κ3) is 3.63. The van der Waals surface area contributed by atoms with Gasteiger partial charge in [0, 0.05) is 13.0 Å². The molecule has 0 amide bonds. The van der Waals surface area contributed by atoms with Crippen LogP contribution in [0.2, 0.25) is 0 Å². The lowest BCUT2D eigenvalue weighted by atomic mass is 9.96. The highest BCUT2D eigenvalue weighted by molar-refractivity contribution is 7.89. The fourth-order valence-electron chi connectivity index (χ4n) is 2.63. The molecule has 21 heavy (non-hydrogen) atoms. The largest absolute Gasteiger partial charge is 0.480 e. The molecule has 0 saturated heterocycles. The van der Waals surface area contributed by atoms with Gasteiger partial charge in [0.1, 0.15) is 6.04 Å². The van der Waals surface area contributed by atoms with E-state index in [4.69, 9.17) is 0 Å². The van der Waals surface area contributed by atoms with Gasteiger partial charge in [-0.2, -0.15) is 4.31 Å². The quantitative estimate of drug-likeness (QED) is 0.925. The van der Waals surface area contributed by atoms with Gasteiger partial charge in [-0.25, -0.2) is 8.42 Å². The van der Waals surface area contributed by atoms with Gasteiger partial charge < -0.3 is 5.11 Å². The highest BCUT2D eigenvalue weighted by Gasteiger charge is 2.40. The average Bonchev–Trinajstić information content (AvgIpc) is 2.34. The maximum absolute atomic E-state index is 12.6. The number of aliphatic carboxylic acids is 1. The Bertz CT molecular complexity index is 646. The molecule has 0 bridgehead atoms. The van der Waals surface area contributed by atoms with Gasteiger partial charge in [0.25, 0.3) is 0 Å². The molecule has 6 heteroatoms. The van der Waals surface area contributed by atoms with Gasteiger partial charge in [0.15, 0.2) is 0 Å². The van der Waals surface area contributed by atoms with Crippen LogP contribution in [0.1, 0.15) is 31.9 Å². The molecule has 2 rings (SSSR count). The SMILES string of the molecule is CC(C)(C)CS(=O)(=O)N1Cc2ccccc2C[C@@H]1C(=O)O. The lowest BCUT2D eigenvalue weighted by Crippen LogP contribution is -2.50. The Morgan fingerprint density at radius 2 is 1.86 bits per heavy atom. The topological polar surface area (TPSA) is 74.7 Å². The molecule has 1 aromatic carbocycles. The second-order valence-corrected chi connectivity index (χ2v) is 8.61. The molecule has 1 atom stereocenters. The Morgan fingerprint density at radius 1 is 1.29 bits per heavy atom. The summed E-state index contributed by atoms with van der Waals surface area (Å²) in [6.45, 7) is 5.63. The van der Waals surface area contributed by atoms with E-state index in [0.717, 1.165) is 15.4 Å². The summed E-state index contributed by atoms with van der Waals surface area (Å²) < 4.78 is 26.3. The third-order valence-corrected chi connectivity index (χ3v) is 5.79. The lowest BCUT2D eigenvalue weighted by molar-refractivity contribution is -0.141. The minimum Gasteiger partial charge on any atom is -0.480 e. The van der Waals surface area contributed by atoms with E-state index < -0.39 is 27.4 Å². The van der Waals surface area contributed by atoms with Crippen molar-refractivity contribution in [2.45, 2.75) is 39.8 Å². The van der Waals surface area contributed by atoms with Crippen LogP contribution in [-0.4, -0.2) is 35.6 Å². The molecule has 1 N–H and O–H groups in total. The molecule has 0 saturated carbocycles. The van der Waals surface area contributed by atoms with Crippen LogP contribution in [0.3, 0.4) is 0 Å². The summed E-state index contributed by atoms with van der Waals surface area (Å²) in [7, 11) is -3.63. The zero-order chi connectivity index (χ0) is 15.8. The van der Waals surface area contributed by atoms with Crippen molar-refractivity contribution in [3.05, 3.63) is 35.4 Å². The maximum atomic E-state index is 12.6. The van der Waals surface area contributed by atoms with Gasteiger partial charge in [-0.3, -0.25) is 4.79 Å². The molecule has 0 aliphatic carbocycles. The molecule has 1 aromatic rings. The van der Waals surface area contributed by atoms with Crippen molar-refractivity contribution in [3.63, 3.8) is 0 Å². The number of sulfonamides is 1. The number of nitrogens with zero attached hydrogens (tertiary/aromatic N) is 1. The number of hydrogen-bond donors (Lipinski definition) is 1. The molecule has 0 unspecified atom stereocenters. The van der Waals surface area contributed by atoms with Crippen molar-refractivity contribution in [1.29, 1.82) is 0 Å². The molecular formula is C15H21NO4S. The van der Waals surface area contributed by atoms with E-state index in [1.807, 2.05) is 45.0 Å². The van der Waals surface area contributed by atoms with Crippen molar-refractivity contribution in [3.8, 4) is 0 Å². The zero-order valence-corrected chi connectivity index (χ0v) is 13.4. The lowest BCUT2D eigenvalue weighted by Gasteiger charge is -2.35. The minimum absolute atomic E-state index is 0.0635. The Labute approximate surface area is 125 Å². The van der Waals surface area contributed by atoms with E-state index in [1.54, 1.807) is 0 Å². The van der Waals surface area contributed by atoms with Gasteiger partial charge in [-0.1, -0.05) is 45.0 Å². The third-order valence-electron chi connectivity index (χ3n) is 3.46. The standard InChI is InChI=1S/C15H21NO4S/c1-15(2,3)10-21(19,20)16-9-12-7-5-4-6-11(12)8-13(16)14(17)18/h4-7,13H,8-10H2,1-3H3,(H,17,18)/t13-/m1/s1. The van der Waals surface area contributed by atoms with E-state index in [2.05, 4.69) is 0 Å². The van der Waals surface area contributed by atoms with E-state index >= 15 is 0 Å². The first-order valence-corrected chi connectivity index (χ1v) is 8.50. The van der Waals surface area contributed by atoms with Crippen molar-refractivity contribution in [2.24, 2.45) is 5.41 Å². The minimum atomic E-state index is -3.63. The summed E-state index contributed by atoms with van der Waals surface area (Å²) in [4.78, 5) is 11.5. The van der Waals surface area contributed by atoms with Crippen molar-refractivity contribution in [2.75, 3.05) is 5.75 Å². The fraction of sp³-hybridized carbons (Fsp3) is 0.533. The number of benzene rings is 1. The van der Waals surface area contributed by atoms with Crippen LogP contribution in [0.5, 0.6) is 0 Å². The molecule has 1 heterocycles. The summed E-state index contributed by atoms with van der Waals surface area (Å²) >= 11 is 0. The predicted molar refractivity (Wildman–Crippen MR) is 80.4 cm³/mol. The van der Waals surface area contributed by atoms with Crippen molar-refractivity contribution in [1.82, 2.24) is 4.31 Å². The highest BCUT2D eigenvalue weighted by Crippen LogP contribution is 2.28. The molecule has 116 valence electrons. The van der Waals surface area contributed by atoms with Gasteiger partial charge >= 0.3 is 5.97 Å². The Hall–Kier alpha value is -1.40. The van der Waals surface area contributed by atoms with Crippen LogP contribution in [0.15, 0.2) is 24.3 Å². The van der Waals surface area contributed by atoms with E-state index in [1.165, 1.54) is 0 Å². The Morgan fingerprint density at radius 3 is 2.38 bits per heavy atom. The number of carbonyl (C=O) groups is 1. The number of hydrogen-bond acceptors (Lipinski definition) is 3. The van der Waals surface area contributed by atoms with Crippen LogP contribution in [0.4, 0.5) is 0 Å². The van der Waals surface area contributed by atoms with E-state index in [0.29, 0.717) is 0 Å². The van der Waals surface area contributed by atoms with Gasteiger partial charge in [0.05, 0.1) is 5.75 Å². The van der Waals surface area contributed by atoms with Gasteiger partial charge in [-0.05, 0) is 16.5 Å². The molecule has 1 aliphatic rings. The first-order valence-electron chi connectivity index (χ1n) is 6.89. The van der Waals surface area contributed by atoms with Crippen LogP contribution in [0.25, 0.3) is 0 Å². The van der Waals surface area contributed by atoms with Gasteiger partial charge in [0.2, 0.25) is 10.0 Å². The molecular weight excluding hydrogens is 290 g/mol. The molecule has 5 nitrogen and oxygen atoms in total. The van der Waals surface area contributed by atoms with Crippen LogP contribution < -0.4 is 0 Å². The second-order valence-electron chi connectivity index (χ2n) is 6.69.